The summed E-state index contributed by atoms with van der Waals surface area (Å²) in [5.41, 5.74) is 0. The minimum atomic E-state index is 0.767. The highest BCUT2D eigenvalue weighted by atomic mass is 127. The molecule has 1 fully saturated rings. The molecule has 0 unspecified atom stereocenters. The van der Waals surface area contributed by atoms with E-state index in [-0.39, 0.29) is 0 Å². The molecule has 0 spiro atoms. The minimum Gasteiger partial charge on any atom is -0.340 e. The van der Waals surface area contributed by atoms with Gasteiger partial charge in [0.05, 0.1) is 0 Å². The summed E-state index contributed by atoms with van der Waals surface area (Å²) in [6, 6.07) is 0. The Balaban J connectivity index is 1.86. The van der Waals surface area contributed by atoms with Crippen LogP contribution in [0, 0.1) is 9.49 Å². The van der Waals surface area contributed by atoms with Gasteiger partial charge in [-0.3, -0.25) is 0 Å². The molecule has 1 aliphatic heterocycles. The van der Waals surface area contributed by atoms with E-state index in [1.54, 1.807) is 0 Å². The van der Waals surface area contributed by atoms with Crippen molar-refractivity contribution in [1.29, 1.82) is 0 Å². The summed E-state index contributed by atoms with van der Waals surface area (Å²) < 4.78 is 1.08. The van der Waals surface area contributed by atoms with E-state index in [1.807, 2.05) is 12.4 Å². The van der Waals surface area contributed by atoms with Crippen LogP contribution in [0.2, 0.25) is 0 Å². The van der Waals surface area contributed by atoms with Crippen molar-refractivity contribution in [3.05, 3.63) is 16.0 Å². The molecule has 0 radical (unpaired) electrons. The minimum absolute atomic E-state index is 0.767. The van der Waals surface area contributed by atoms with Gasteiger partial charge in [-0.15, -0.1) is 0 Å². The maximum atomic E-state index is 4.31. The molecule has 4 nitrogen and oxygen atoms in total. The first kappa shape index (κ1) is 11.1. The van der Waals surface area contributed by atoms with Gasteiger partial charge in [-0.25, -0.2) is 9.97 Å². The molecule has 2 rings (SSSR count). The molecule has 1 saturated heterocycles. The van der Waals surface area contributed by atoms with Gasteiger partial charge in [0.25, 0.3) is 0 Å². The van der Waals surface area contributed by atoms with Crippen LogP contribution in [-0.2, 0) is 0 Å². The van der Waals surface area contributed by atoms with Crippen LogP contribution < -0.4 is 4.90 Å². The van der Waals surface area contributed by atoms with Crippen molar-refractivity contribution in [3.63, 3.8) is 0 Å². The Morgan fingerprint density at radius 1 is 1.40 bits per heavy atom. The molecule has 0 N–H and O–H groups in total. The zero-order valence-electron chi connectivity index (χ0n) is 9.02. The number of halogens is 1. The predicted molar refractivity (Wildman–Crippen MR) is 69.0 cm³/mol. The molecule has 0 aliphatic carbocycles. The van der Waals surface area contributed by atoms with Crippen molar-refractivity contribution in [2.45, 2.75) is 0 Å². The molecule has 1 aromatic heterocycles. The molecular weight excluding hydrogens is 303 g/mol. The molecule has 0 amide bonds. The molecular formula is C10H15IN4. The maximum Gasteiger partial charge on any atom is 0.225 e. The fraction of sp³-hybridized carbons (Fsp3) is 0.600. The van der Waals surface area contributed by atoms with Crippen molar-refractivity contribution in [2.24, 2.45) is 5.92 Å². The highest BCUT2D eigenvalue weighted by Gasteiger charge is 2.28. The Morgan fingerprint density at radius 3 is 2.53 bits per heavy atom. The second-order valence-electron chi connectivity index (χ2n) is 4.23. The topological polar surface area (TPSA) is 32.3 Å². The predicted octanol–water partition coefficient (Wildman–Crippen LogP) is 1.08. The SMILES string of the molecule is CN(C)CC1CN(c2ncc(I)cn2)C1. The van der Waals surface area contributed by atoms with Crippen LogP contribution in [0.5, 0.6) is 0 Å². The lowest BCUT2D eigenvalue weighted by molar-refractivity contribution is 0.281. The van der Waals surface area contributed by atoms with Gasteiger partial charge in [-0.2, -0.15) is 0 Å². The fourth-order valence-electron chi connectivity index (χ4n) is 1.83. The van der Waals surface area contributed by atoms with Crippen LogP contribution in [0.1, 0.15) is 0 Å². The Kier molecular flexibility index (Phi) is 3.40. The average Bonchev–Trinajstić information content (AvgIpc) is 2.12. The highest BCUT2D eigenvalue weighted by Crippen LogP contribution is 2.21. The van der Waals surface area contributed by atoms with E-state index in [0.717, 1.165) is 35.1 Å². The van der Waals surface area contributed by atoms with Gasteiger partial charge in [-0.1, -0.05) is 0 Å². The summed E-state index contributed by atoms with van der Waals surface area (Å²) in [6.07, 6.45) is 3.73. The van der Waals surface area contributed by atoms with E-state index in [9.17, 15) is 0 Å². The summed E-state index contributed by atoms with van der Waals surface area (Å²) in [7, 11) is 4.23. The quantitative estimate of drug-likeness (QED) is 0.781. The number of aromatic nitrogens is 2. The fourth-order valence-corrected chi connectivity index (χ4v) is 2.11. The van der Waals surface area contributed by atoms with Crippen molar-refractivity contribution < 1.29 is 0 Å². The largest absolute Gasteiger partial charge is 0.340 e. The number of hydrogen-bond donors (Lipinski definition) is 0. The molecule has 0 saturated carbocycles. The van der Waals surface area contributed by atoms with Crippen molar-refractivity contribution in [1.82, 2.24) is 14.9 Å². The van der Waals surface area contributed by atoms with E-state index in [4.69, 9.17) is 0 Å². The number of anilines is 1. The molecule has 2 heterocycles. The van der Waals surface area contributed by atoms with Crippen LogP contribution in [0.25, 0.3) is 0 Å². The molecule has 15 heavy (non-hydrogen) atoms. The van der Waals surface area contributed by atoms with Crippen LogP contribution in [0.3, 0.4) is 0 Å². The lowest BCUT2D eigenvalue weighted by Gasteiger charge is -2.40. The van der Waals surface area contributed by atoms with Crippen LogP contribution in [0.4, 0.5) is 5.95 Å². The molecule has 0 bridgehead atoms. The number of rotatable bonds is 3. The summed E-state index contributed by atoms with van der Waals surface area (Å²) in [5, 5.41) is 0. The van der Waals surface area contributed by atoms with Crippen LogP contribution in [0.15, 0.2) is 12.4 Å². The average molecular weight is 318 g/mol. The molecule has 1 aliphatic rings. The highest BCUT2D eigenvalue weighted by molar-refractivity contribution is 14.1. The maximum absolute atomic E-state index is 4.31. The van der Waals surface area contributed by atoms with Gasteiger partial charge in [0.1, 0.15) is 0 Å². The third kappa shape index (κ3) is 2.78. The molecule has 0 aromatic carbocycles. The third-order valence-electron chi connectivity index (χ3n) is 2.47. The molecule has 5 heteroatoms. The first-order valence-corrected chi connectivity index (χ1v) is 6.10. The molecule has 0 atom stereocenters. The van der Waals surface area contributed by atoms with Gasteiger partial charge in [-0.05, 0) is 36.7 Å². The summed E-state index contributed by atoms with van der Waals surface area (Å²) >= 11 is 2.22. The number of nitrogens with zero attached hydrogens (tertiary/aromatic N) is 4. The van der Waals surface area contributed by atoms with Gasteiger partial charge in [0.2, 0.25) is 5.95 Å². The second-order valence-corrected chi connectivity index (χ2v) is 5.48. The summed E-state index contributed by atoms with van der Waals surface area (Å²) in [4.78, 5) is 13.1. The van der Waals surface area contributed by atoms with E-state index < -0.39 is 0 Å². The Labute approximate surface area is 104 Å². The van der Waals surface area contributed by atoms with Gasteiger partial charge in [0, 0.05) is 41.5 Å². The number of hydrogen-bond acceptors (Lipinski definition) is 4. The summed E-state index contributed by atoms with van der Waals surface area (Å²) in [6.45, 7) is 3.32. The monoisotopic (exact) mass is 318 g/mol. The lowest BCUT2D eigenvalue weighted by Crippen LogP contribution is -2.51. The third-order valence-corrected chi connectivity index (χ3v) is 3.03. The van der Waals surface area contributed by atoms with Crippen molar-refractivity contribution in [3.8, 4) is 0 Å². The Bertz CT molecular complexity index is 319. The van der Waals surface area contributed by atoms with Crippen LogP contribution >= 0.6 is 22.6 Å². The van der Waals surface area contributed by atoms with E-state index in [1.165, 1.54) is 0 Å². The Morgan fingerprint density at radius 2 is 2.00 bits per heavy atom. The van der Waals surface area contributed by atoms with Crippen LogP contribution in [-0.4, -0.2) is 48.6 Å². The Hall–Kier alpha value is -0.430. The van der Waals surface area contributed by atoms with E-state index in [2.05, 4.69) is 56.5 Å². The molecule has 82 valence electrons. The first-order valence-electron chi connectivity index (χ1n) is 5.02. The zero-order valence-corrected chi connectivity index (χ0v) is 11.2. The van der Waals surface area contributed by atoms with Gasteiger partial charge >= 0.3 is 0 Å². The van der Waals surface area contributed by atoms with E-state index in [0.29, 0.717) is 0 Å². The lowest BCUT2D eigenvalue weighted by atomic mass is 10.0. The standard InChI is InChI=1S/C10H15IN4/c1-14(2)5-8-6-15(7-8)10-12-3-9(11)4-13-10/h3-4,8H,5-7H2,1-2H3. The van der Waals surface area contributed by atoms with Gasteiger partial charge in [0.15, 0.2) is 0 Å². The molecule has 1 aromatic rings. The summed E-state index contributed by atoms with van der Waals surface area (Å²) in [5.74, 6) is 1.63. The van der Waals surface area contributed by atoms with Crippen molar-refractivity contribution in [2.75, 3.05) is 38.6 Å². The second kappa shape index (κ2) is 4.61. The smallest absolute Gasteiger partial charge is 0.225 e. The van der Waals surface area contributed by atoms with Gasteiger partial charge < -0.3 is 9.80 Å². The normalized spacial score (nSPS) is 16.9. The zero-order chi connectivity index (χ0) is 10.8. The van der Waals surface area contributed by atoms with E-state index >= 15 is 0 Å². The van der Waals surface area contributed by atoms with Crippen molar-refractivity contribution >= 4 is 28.5 Å². The first-order chi connectivity index (χ1) is 7.15.